The van der Waals surface area contributed by atoms with Crippen molar-refractivity contribution in [2.45, 2.75) is 6.54 Å². The predicted molar refractivity (Wildman–Crippen MR) is 101 cm³/mol. The molecular weight excluding hydrogens is 387 g/mol. The van der Waals surface area contributed by atoms with Gasteiger partial charge in [-0.05, 0) is 24.3 Å². The lowest BCUT2D eigenvalue weighted by atomic mass is 10.2. The molecule has 7 nitrogen and oxygen atoms in total. The summed E-state index contributed by atoms with van der Waals surface area (Å²) >= 11 is 1.09. The normalized spacial score (nSPS) is 11.5. The first kappa shape index (κ1) is 19.6. The zero-order valence-corrected chi connectivity index (χ0v) is 16.2. The quantitative estimate of drug-likeness (QED) is 0.611. The lowest BCUT2D eigenvalue weighted by Crippen LogP contribution is -2.23. The molecule has 0 saturated heterocycles. The van der Waals surface area contributed by atoms with Crippen LogP contribution in [0.5, 0.6) is 11.5 Å². The second-order valence-corrected chi connectivity index (χ2v) is 6.60. The number of ether oxygens (including phenoxy) is 3. The molecule has 1 aromatic heterocycles. The first-order valence-corrected chi connectivity index (χ1v) is 8.96. The van der Waals surface area contributed by atoms with Gasteiger partial charge in [-0.25, -0.2) is 4.39 Å². The molecule has 0 saturated carbocycles. The molecule has 9 heteroatoms. The zero-order valence-electron chi connectivity index (χ0n) is 15.4. The van der Waals surface area contributed by atoms with Crippen LogP contribution < -0.4 is 14.3 Å². The first-order chi connectivity index (χ1) is 13.5. The molecule has 146 valence electrons. The van der Waals surface area contributed by atoms with Gasteiger partial charge in [-0.3, -0.25) is 9.59 Å². The molecule has 3 rings (SSSR count). The molecule has 1 amide bonds. The molecular formula is C19H17FN2O5S. The average molecular weight is 404 g/mol. The minimum Gasteiger partial charge on any atom is -0.493 e. The van der Waals surface area contributed by atoms with Crippen molar-refractivity contribution in [3.05, 3.63) is 52.6 Å². The van der Waals surface area contributed by atoms with Gasteiger partial charge in [0.1, 0.15) is 12.4 Å². The highest BCUT2D eigenvalue weighted by molar-refractivity contribution is 7.16. The molecule has 0 spiro atoms. The Balaban J connectivity index is 2.19. The number of hydrogen-bond acceptors (Lipinski definition) is 6. The van der Waals surface area contributed by atoms with Gasteiger partial charge in [-0.15, -0.1) is 0 Å². The minimum absolute atomic E-state index is 0.167. The van der Waals surface area contributed by atoms with Crippen LogP contribution in [0.15, 0.2) is 41.4 Å². The monoisotopic (exact) mass is 404 g/mol. The van der Waals surface area contributed by atoms with Crippen LogP contribution in [0, 0.1) is 5.82 Å². The van der Waals surface area contributed by atoms with Crippen molar-refractivity contribution in [3.63, 3.8) is 0 Å². The van der Waals surface area contributed by atoms with Crippen molar-refractivity contribution in [2.75, 3.05) is 21.3 Å². The summed E-state index contributed by atoms with van der Waals surface area (Å²) in [5, 5.41) is 0. The smallest absolute Gasteiger partial charge is 0.325 e. The molecule has 0 fully saturated rings. The second kappa shape index (κ2) is 8.22. The molecule has 0 bridgehead atoms. The Hall–Kier alpha value is -3.20. The van der Waals surface area contributed by atoms with E-state index in [0.717, 1.165) is 11.3 Å². The van der Waals surface area contributed by atoms with Gasteiger partial charge in [-0.2, -0.15) is 4.99 Å². The molecule has 0 atom stereocenters. The molecule has 3 aromatic rings. The number of rotatable bonds is 5. The van der Waals surface area contributed by atoms with Crippen molar-refractivity contribution < 1.29 is 28.2 Å². The van der Waals surface area contributed by atoms with Crippen molar-refractivity contribution >= 4 is 33.4 Å². The number of fused-ring (bicyclic) bond motifs is 1. The maximum absolute atomic E-state index is 14.4. The van der Waals surface area contributed by atoms with Gasteiger partial charge in [0, 0.05) is 0 Å². The number of nitrogens with zero attached hydrogens (tertiary/aromatic N) is 2. The number of carbonyl (C=O) groups is 2. The molecule has 2 aromatic carbocycles. The Morgan fingerprint density at radius 3 is 2.54 bits per heavy atom. The minimum atomic E-state index is -0.610. The molecule has 28 heavy (non-hydrogen) atoms. The highest BCUT2D eigenvalue weighted by atomic mass is 32.1. The van der Waals surface area contributed by atoms with E-state index in [-0.39, 0.29) is 28.2 Å². The van der Waals surface area contributed by atoms with Crippen LogP contribution in [0.1, 0.15) is 10.4 Å². The van der Waals surface area contributed by atoms with Crippen LogP contribution in [-0.4, -0.2) is 37.8 Å². The van der Waals surface area contributed by atoms with Gasteiger partial charge in [0.15, 0.2) is 16.3 Å². The lowest BCUT2D eigenvalue weighted by Gasteiger charge is -2.10. The largest absolute Gasteiger partial charge is 0.493 e. The third kappa shape index (κ3) is 3.61. The molecule has 0 aliphatic rings. The van der Waals surface area contributed by atoms with Gasteiger partial charge in [0.05, 0.1) is 37.1 Å². The third-order valence-electron chi connectivity index (χ3n) is 4.00. The van der Waals surface area contributed by atoms with Gasteiger partial charge in [-0.1, -0.05) is 23.5 Å². The van der Waals surface area contributed by atoms with Crippen LogP contribution in [0.4, 0.5) is 4.39 Å². The summed E-state index contributed by atoms with van der Waals surface area (Å²) in [6.45, 7) is -0.279. The number of amides is 1. The van der Waals surface area contributed by atoms with E-state index >= 15 is 0 Å². The molecule has 0 aliphatic carbocycles. The van der Waals surface area contributed by atoms with Gasteiger partial charge in [0.25, 0.3) is 5.91 Å². The topological polar surface area (TPSA) is 79.1 Å². The van der Waals surface area contributed by atoms with Gasteiger partial charge in [0.2, 0.25) is 0 Å². The lowest BCUT2D eigenvalue weighted by molar-refractivity contribution is -0.141. The third-order valence-corrected chi connectivity index (χ3v) is 5.04. The summed E-state index contributed by atoms with van der Waals surface area (Å²) in [7, 11) is 4.11. The summed E-state index contributed by atoms with van der Waals surface area (Å²) in [5.74, 6) is -1.10. The van der Waals surface area contributed by atoms with Crippen molar-refractivity contribution in [1.29, 1.82) is 0 Å². The Morgan fingerprint density at radius 1 is 1.11 bits per heavy atom. The van der Waals surface area contributed by atoms with E-state index in [0.29, 0.717) is 10.4 Å². The van der Waals surface area contributed by atoms with Crippen LogP contribution in [-0.2, 0) is 16.1 Å². The van der Waals surface area contributed by atoms with E-state index in [1.807, 2.05) is 0 Å². The number of para-hydroxylation sites is 2. The van der Waals surface area contributed by atoms with Gasteiger partial charge >= 0.3 is 5.97 Å². The van der Waals surface area contributed by atoms with Gasteiger partial charge < -0.3 is 18.8 Å². The van der Waals surface area contributed by atoms with Crippen molar-refractivity contribution in [1.82, 2.24) is 4.57 Å². The standard InChI is InChI=1S/C19H17FN2O5S/c1-25-13-8-4-6-11(17(13)27-3)18(24)21-19-22(10-15(23)26-2)16-12(20)7-5-9-14(16)28-19/h4-9H,10H2,1-3H3. The Labute approximate surface area is 163 Å². The summed E-state index contributed by atoms with van der Waals surface area (Å²) in [5.41, 5.74) is 0.367. The van der Waals surface area contributed by atoms with Crippen LogP contribution in [0.25, 0.3) is 10.2 Å². The fourth-order valence-corrected chi connectivity index (χ4v) is 3.76. The predicted octanol–water partition coefficient (Wildman–Crippen LogP) is 2.77. The summed E-state index contributed by atoms with van der Waals surface area (Å²) in [4.78, 5) is 28.9. The number of methoxy groups -OCH3 is 3. The van der Waals surface area contributed by atoms with Crippen molar-refractivity contribution in [3.8, 4) is 11.5 Å². The summed E-state index contributed by atoms with van der Waals surface area (Å²) in [6, 6.07) is 9.35. The Bertz CT molecular complexity index is 1120. The number of halogens is 1. The first-order valence-electron chi connectivity index (χ1n) is 8.14. The maximum atomic E-state index is 14.4. The number of aromatic nitrogens is 1. The molecule has 0 radical (unpaired) electrons. The molecule has 1 heterocycles. The SMILES string of the molecule is COC(=O)Cn1c(=NC(=O)c2cccc(OC)c2OC)sc2cccc(F)c21. The van der Waals surface area contributed by atoms with Crippen LogP contribution >= 0.6 is 11.3 Å². The highest BCUT2D eigenvalue weighted by Gasteiger charge is 2.18. The number of thiazole rings is 1. The number of esters is 1. The Morgan fingerprint density at radius 2 is 1.86 bits per heavy atom. The maximum Gasteiger partial charge on any atom is 0.325 e. The number of hydrogen-bond donors (Lipinski definition) is 0. The molecule has 0 unspecified atom stereocenters. The van der Waals surface area contributed by atoms with Crippen LogP contribution in [0.2, 0.25) is 0 Å². The van der Waals surface area contributed by atoms with E-state index in [1.165, 1.54) is 32.0 Å². The molecule has 0 N–H and O–H groups in total. The van der Waals surface area contributed by atoms with E-state index in [2.05, 4.69) is 9.73 Å². The average Bonchev–Trinajstić information content (AvgIpc) is 3.05. The zero-order chi connectivity index (χ0) is 20.3. The fourth-order valence-electron chi connectivity index (χ4n) is 2.72. The van der Waals surface area contributed by atoms with E-state index in [1.54, 1.807) is 30.3 Å². The molecule has 0 aliphatic heterocycles. The van der Waals surface area contributed by atoms with E-state index < -0.39 is 17.7 Å². The van der Waals surface area contributed by atoms with E-state index in [4.69, 9.17) is 9.47 Å². The Kier molecular flexibility index (Phi) is 5.74. The fraction of sp³-hybridized carbons (Fsp3) is 0.211. The second-order valence-electron chi connectivity index (χ2n) is 5.59. The van der Waals surface area contributed by atoms with E-state index in [9.17, 15) is 14.0 Å². The van der Waals surface area contributed by atoms with Crippen LogP contribution in [0.3, 0.4) is 0 Å². The summed E-state index contributed by atoms with van der Waals surface area (Å²) in [6.07, 6.45) is 0. The summed E-state index contributed by atoms with van der Waals surface area (Å²) < 4.78 is 31.4. The number of benzene rings is 2. The highest BCUT2D eigenvalue weighted by Crippen LogP contribution is 2.31. The van der Waals surface area contributed by atoms with Crippen molar-refractivity contribution in [2.24, 2.45) is 4.99 Å². The number of carbonyl (C=O) groups excluding carboxylic acids is 2.